The summed E-state index contributed by atoms with van der Waals surface area (Å²) in [5.41, 5.74) is 0.502. The van der Waals surface area contributed by atoms with Crippen molar-refractivity contribution < 1.29 is 4.74 Å². The molecular weight excluding hydrogens is 200 g/mol. The minimum atomic E-state index is 0.502. The predicted octanol–water partition coefficient (Wildman–Crippen LogP) is 1.73. The van der Waals surface area contributed by atoms with Crippen molar-refractivity contribution in [3.63, 3.8) is 0 Å². The molecule has 0 bridgehead atoms. The van der Waals surface area contributed by atoms with Crippen molar-refractivity contribution in [3.05, 3.63) is 0 Å². The molecule has 1 heterocycles. The highest BCUT2D eigenvalue weighted by Gasteiger charge is 2.31. The summed E-state index contributed by atoms with van der Waals surface area (Å²) >= 11 is 0. The molecular formula is C13H28N2O. The third kappa shape index (κ3) is 4.04. The molecule has 1 unspecified atom stereocenters. The molecule has 0 spiro atoms. The topological polar surface area (TPSA) is 24.5 Å². The number of ether oxygens (including phenoxy) is 1. The van der Waals surface area contributed by atoms with Crippen LogP contribution in [0.2, 0.25) is 0 Å². The van der Waals surface area contributed by atoms with Gasteiger partial charge in [0.05, 0.1) is 6.61 Å². The summed E-state index contributed by atoms with van der Waals surface area (Å²) in [4.78, 5) is 2.53. The monoisotopic (exact) mass is 228 g/mol. The molecule has 0 aromatic heterocycles. The fourth-order valence-electron chi connectivity index (χ4n) is 2.62. The Morgan fingerprint density at radius 2 is 2.19 bits per heavy atom. The number of hydrogen-bond acceptors (Lipinski definition) is 3. The summed E-state index contributed by atoms with van der Waals surface area (Å²) in [5.74, 6) is 0. The van der Waals surface area contributed by atoms with Gasteiger partial charge in [0.2, 0.25) is 0 Å². The van der Waals surface area contributed by atoms with Gasteiger partial charge in [0, 0.05) is 26.7 Å². The number of piperidine rings is 1. The third-order valence-electron chi connectivity index (χ3n) is 3.93. The van der Waals surface area contributed by atoms with Crippen molar-refractivity contribution in [1.82, 2.24) is 10.2 Å². The Morgan fingerprint density at radius 3 is 2.69 bits per heavy atom. The third-order valence-corrected chi connectivity index (χ3v) is 3.93. The first-order valence-corrected chi connectivity index (χ1v) is 6.68. The Balaban J connectivity index is 2.45. The number of hydrogen-bond donors (Lipinski definition) is 1. The molecule has 3 heteroatoms. The second-order valence-electron chi connectivity index (χ2n) is 5.00. The molecule has 0 aromatic carbocycles. The lowest BCUT2D eigenvalue weighted by molar-refractivity contribution is 0.0883. The van der Waals surface area contributed by atoms with Crippen molar-refractivity contribution in [2.75, 3.05) is 46.4 Å². The van der Waals surface area contributed by atoms with E-state index in [0.29, 0.717) is 5.41 Å². The highest BCUT2D eigenvalue weighted by molar-refractivity contribution is 4.87. The lowest BCUT2D eigenvalue weighted by Crippen LogP contribution is -2.47. The van der Waals surface area contributed by atoms with Crippen LogP contribution in [0, 0.1) is 5.41 Å². The average molecular weight is 228 g/mol. The van der Waals surface area contributed by atoms with Crippen LogP contribution in [0.4, 0.5) is 0 Å². The minimum Gasteiger partial charge on any atom is -0.383 e. The number of likely N-dealkylation sites (N-methyl/N-ethyl adjacent to an activating group) is 1. The lowest BCUT2D eigenvalue weighted by Gasteiger charge is -2.40. The Morgan fingerprint density at radius 1 is 1.38 bits per heavy atom. The van der Waals surface area contributed by atoms with Crippen LogP contribution in [0.1, 0.15) is 33.1 Å². The van der Waals surface area contributed by atoms with Gasteiger partial charge in [-0.15, -0.1) is 0 Å². The lowest BCUT2D eigenvalue weighted by atomic mass is 9.78. The largest absolute Gasteiger partial charge is 0.383 e. The van der Waals surface area contributed by atoms with Crippen LogP contribution >= 0.6 is 0 Å². The van der Waals surface area contributed by atoms with Crippen LogP contribution in [-0.4, -0.2) is 51.3 Å². The molecule has 96 valence electrons. The predicted molar refractivity (Wildman–Crippen MR) is 68.8 cm³/mol. The van der Waals surface area contributed by atoms with E-state index >= 15 is 0 Å². The summed E-state index contributed by atoms with van der Waals surface area (Å²) in [6.45, 7) is 11.2. The molecule has 0 aliphatic carbocycles. The Kier molecular flexibility index (Phi) is 6.32. The molecule has 1 saturated heterocycles. The van der Waals surface area contributed by atoms with Gasteiger partial charge in [-0.3, -0.25) is 0 Å². The van der Waals surface area contributed by atoms with Gasteiger partial charge in [-0.2, -0.15) is 0 Å². The van der Waals surface area contributed by atoms with Gasteiger partial charge in [0.25, 0.3) is 0 Å². The van der Waals surface area contributed by atoms with Gasteiger partial charge < -0.3 is 15.0 Å². The fourth-order valence-corrected chi connectivity index (χ4v) is 2.62. The maximum absolute atomic E-state index is 5.17. The van der Waals surface area contributed by atoms with Crippen molar-refractivity contribution in [2.24, 2.45) is 5.41 Å². The average Bonchev–Trinajstić information content (AvgIpc) is 2.35. The van der Waals surface area contributed by atoms with Gasteiger partial charge in [-0.1, -0.05) is 13.8 Å². The summed E-state index contributed by atoms with van der Waals surface area (Å²) in [6, 6.07) is 0. The zero-order valence-electron chi connectivity index (χ0n) is 11.2. The molecule has 1 fully saturated rings. The van der Waals surface area contributed by atoms with E-state index in [1.54, 1.807) is 7.11 Å². The van der Waals surface area contributed by atoms with Crippen LogP contribution < -0.4 is 5.32 Å². The zero-order chi connectivity index (χ0) is 11.9. The van der Waals surface area contributed by atoms with E-state index < -0.39 is 0 Å². The van der Waals surface area contributed by atoms with E-state index in [9.17, 15) is 0 Å². The molecule has 0 amide bonds. The van der Waals surface area contributed by atoms with E-state index in [2.05, 4.69) is 24.1 Å². The maximum Gasteiger partial charge on any atom is 0.0589 e. The molecule has 0 radical (unpaired) electrons. The van der Waals surface area contributed by atoms with Gasteiger partial charge >= 0.3 is 0 Å². The van der Waals surface area contributed by atoms with Gasteiger partial charge in [0.1, 0.15) is 0 Å². The van der Waals surface area contributed by atoms with Crippen LogP contribution in [0.3, 0.4) is 0 Å². The van der Waals surface area contributed by atoms with Crippen LogP contribution in [0.15, 0.2) is 0 Å². The second-order valence-corrected chi connectivity index (χ2v) is 5.00. The number of nitrogens with zero attached hydrogens (tertiary/aromatic N) is 1. The zero-order valence-corrected chi connectivity index (χ0v) is 11.2. The smallest absolute Gasteiger partial charge is 0.0589 e. The van der Waals surface area contributed by atoms with Gasteiger partial charge in [-0.05, 0) is 37.8 Å². The quantitative estimate of drug-likeness (QED) is 0.718. The maximum atomic E-state index is 5.17. The first-order valence-electron chi connectivity index (χ1n) is 6.68. The Bertz CT molecular complexity index is 179. The van der Waals surface area contributed by atoms with Crippen molar-refractivity contribution >= 4 is 0 Å². The molecule has 1 aliphatic heterocycles. The summed E-state index contributed by atoms with van der Waals surface area (Å²) < 4.78 is 5.17. The second kappa shape index (κ2) is 7.25. The number of rotatable bonds is 7. The normalized spacial score (nSPS) is 26.2. The van der Waals surface area contributed by atoms with E-state index in [1.807, 2.05) is 0 Å². The molecule has 1 atom stereocenters. The number of methoxy groups -OCH3 is 1. The molecule has 0 saturated carbocycles. The summed E-state index contributed by atoms with van der Waals surface area (Å²) in [7, 11) is 1.78. The summed E-state index contributed by atoms with van der Waals surface area (Å²) in [5, 5.41) is 3.55. The van der Waals surface area contributed by atoms with Crippen LogP contribution in [0.25, 0.3) is 0 Å². The van der Waals surface area contributed by atoms with E-state index in [0.717, 1.165) is 19.7 Å². The van der Waals surface area contributed by atoms with E-state index in [4.69, 9.17) is 4.74 Å². The van der Waals surface area contributed by atoms with Crippen LogP contribution in [0.5, 0.6) is 0 Å². The Hall–Kier alpha value is -0.120. The summed E-state index contributed by atoms with van der Waals surface area (Å²) in [6.07, 6.45) is 3.99. The van der Waals surface area contributed by atoms with Crippen molar-refractivity contribution in [1.29, 1.82) is 0 Å². The van der Waals surface area contributed by atoms with Crippen LogP contribution in [-0.2, 0) is 4.74 Å². The SMILES string of the molecule is CCN(CCOC)CC1(CC)CCCNC1. The first-order chi connectivity index (χ1) is 7.76. The molecule has 16 heavy (non-hydrogen) atoms. The standard InChI is InChI=1S/C13H28N2O/c1-4-13(7-6-8-14-11-13)12-15(5-2)9-10-16-3/h14H,4-12H2,1-3H3. The highest BCUT2D eigenvalue weighted by Crippen LogP contribution is 2.30. The molecule has 1 aliphatic rings. The van der Waals surface area contributed by atoms with Gasteiger partial charge in [0.15, 0.2) is 0 Å². The molecule has 1 rings (SSSR count). The molecule has 3 nitrogen and oxygen atoms in total. The van der Waals surface area contributed by atoms with Crippen molar-refractivity contribution in [3.8, 4) is 0 Å². The van der Waals surface area contributed by atoms with Gasteiger partial charge in [-0.25, -0.2) is 0 Å². The minimum absolute atomic E-state index is 0.502. The molecule has 1 N–H and O–H groups in total. The number of nitrogens with one attached hydrogen (secondary N) is 1. The Labute approximate surface area is 101 Å². The van der Waals surface area contributed by atoms with E-state index in [1.165, 1.54) is 38.9 Å². The van der Waals surface area contributed by atoms with E-state index in [-0.39, 0.29) is 0 Å². The highest BCUT2D eigenvalue weighted by atomic mass is 16.5. The van der Waals surface area contributed by atoms with Crippen molar-refractivity contribution in [2.45, 2.75) is 33.1 Å². The fraction of sp³-hybridized carbons (Fsp3) is 1.00. The first kappa shape index (κ1) is 13.9. The molecule has 0 aromatic rings.